The van der Waals surface area contributed by atoms with Crippen molar-refractivity contribution in [2.24, 2.45) is 5.73 Å². The van der Waals surface area contributed by atoms with E-state index in [1.807, 2.05) is 11.8 Å². The van der Waals surface area contributed by atoms with Crippen LogP contribution in [0.1, 0.15) is 21.6 Å². The van der Waals surface area contributed by atoms with Crippen LogP contribution in [0.5, 0.6) is 0 Å². The lowest BCUT2D eigenvalue weighted by molar-refractivity contribution is 1.25. The fourth-order valence-corrected chi connectivity index (χ4v) is 3.79. The SMILES string of the molecule is Cc1ccc(C)c(SCc2sccc2C#CCN)c1. The Balaban J connectivity index is 2.10. The molecule has 2 N–H and O–H groups in total. The first-order valence-electron chi connectivity index (χ1n) is 6.16. The molecule has 0 aliphatic heterocycles. The third-order valence-electron chi connectivity index (χ3n) is 2.77. The maximum Gasteiger partial charge on any atom is 0.0555 e. The van der Waals surface area contributed by atoms with E-state index < -0.39 is 0 Å². The number of rotatable bonds is 3. The summed E-state index contributed by atoms with van der Waals surface area (Å²) in [6.45, 7) is 4.71. The first kappa shape index (κ1) is 14.2. The second-order valence-electron chi connectivity index (χ2n) is 4.32. The summed E-state index contributed by atoms with van der Waals surface area (Å²) >= 11 is 3.64. The van der Waals surface area contributed by atoms with Gasteiger partial charge in [-0.3, -0.25) is 0 Å². The molecule has 0 radical (unpaired) electrons. The van der Waals surface area contributed by atoms with Crippen LogP contribution < -0.4 is 5.73 Å². The molecule has 0 spiro atoms. The van der Waals surface area contributed by atoms with Crippen molar-refractivity contribution in [3.8, 4) is 11.8 Å². The highest BCUT2D eigenvalue weighted by Gasteiger charge is 2.05. The van der Waals surface area contributed by atoms with E-state index in [9.17, 15) is 0 Å². The zero-order chi connectivity index (χ0) is 13.7. The second-order valence-corrected chi connectivity index (χ2v) is 6.34. The summed E-state index contributed by atoms with van der Waals surface area (Å²) < 4.78 is 0. The lowest BCUT2D eigenvalue weighted by Gasteiger charge is -2.06. The summed E-state index contributed by atoms with van der Waals surface area (Å²) in [5.74, 6) is 7.03. The summed E-state index contributed by atoms with van der Waals surface area (Å²) in [5.41, 5.74) is 9.18. The third-order valence-corrected chi connectivity index (χ3v) is 5.06. The number of thioether (sulfide) groups is 1. The fourth-order valence-electron chi connectivity index (χ4n) is 1.72. The van der Waals surface area contributed by atoms with Crippen molar-refractivity contribution < 1.29 is 0 Å². The van der Waals surface area contributed by atoms with E-state index in [1.165, 1.54) is 20.9 Å². The molecule has 0 atom stereocenters. The summed E-state index contributed by atoms with van der Waals surface area (Å²) in [5, 5.41) is 2.10. The predicted molar refractivity (Wildman–Crippen MR) is 85.7 cm³/mol. The zero-order valence-electron chi connectivity index (χ0n) is 11.2. The van der Waals surface area contributed by atoms with Gasteiger partial charge in [-0.25, -0.2) is 0 Å². The molecule has 1 aromatic heterocycles. The normalized spacial score (nSPS) is 10.1. The smallest absolute Gasteiger partial charge is 0.0555 e. The highest BCUT2D eigenvalue weighted by molar-refractivity contribution is 7.98. The lowest BCUT2D eigenvalue weighted by atomic mass is 10.2. The van der Waals surface area contributed by atoms with Crippen LogP contribution >= 0.6 is 23.1 Å². The topological polar surface area (TPSA) is 26.0 Å². The van der Waals surface area contributed by atoms with Gasteiger partial charge < -0.3 is 5.73 Å². The molecule has 3 heteroatoms. The van der Waals surface area contributed by atoms with E-state index in [0.717, 1.165) is 11.3 Å². The van der Waals surface area contributed by atoms with Gasteiger partial charge in [-0.15, -0.1) is 23.1 Å². The van der Waals surface area contributed by atoms with Gasteiger partial charge in [0.15, 0.2) is 0 Å². The molecule has 19 heavy (non-hydrogen) atoms. The van der Waals surface area contributed by atoms with Crippen molar-refractivity contribution in [1.29, 1.82) is 0 Å². The maximum atomic E-state index is 5.42. The van der Waals surface area contributed by atoms with E-state index in [2.05, 4.69) is 55.3 Å². The summed E-state index contributed by atoms with van der Waals surface area (Å²) in [4.78, 5) is 2.68. The number of aryl methyl sites for hydroxylation is 2. The zero-order valence-corrected chi connectivity index (χ0v) is 12.8. The Morgan fingerprint density at radius 1 is 1.26 bits per heavy atom. The highest BCUT2D eigenvalue weighted by atomic mass is 32.2. The molecular weight excluding hydrogens is 270 g/mol. The Labute approximate surface area is 123 Å². The molecule has 0 amide bonds. The molecule has 0 bridgehead atoms. The molecule has 0 saturated heterocycles. The largest absolute Gasteiger partial charge is 0.320 e. The van der Waals surface area contributed by atoms with Crippen molar-refractivity contribution in [3.63, 3.8) is 0 Å². The Bertz CT molecular complexity index is 617. The molecule has 98 valence electrons. The molecule has 2 aromatic rings. The van der Waals surface area contributed by atoms with Crippen molar-refractivity contribution >= 4 is 23.1 Å². The number of hydrogen-bond acceptors (Lipinski definition) is 3. The Morgan fingerprint density at radius 2 is 2.11 bits per heavy atom. The van der Waals surface area contributed by atoms with E-state index in [0.29, 0.717) is 6.54 Å². The highest BCUT2D eigenvalue weighted by Crippen LogP contribution is 2.30. The van der Waals surface area contributed by atoms with Gasteiger partial charge in [-0.2, -0.15) is 0 Å². The minimum absolute atomic E-state index is 0.416. The van der Waals surface area contributed by atoms with Crippen LogP contribution in [0, 0.1) is 25.7 Å². The van der Waals surface area contributed by atoms with Crippen LogP contribution in [0.15, 0.2) is 34.5 Å². The lowest BCUT2D eigenvalue weighted by Crippen LogP contribution is -1.93. The van der Waals surface area contributed by atoms with Gasteiger partial charge in [0.25, 0.3) is 0 Å². The number of benzene rings is 1. The summed E-state index contributed by atoms with van der Waals surface area (Å²) in [6.07, 6.45) is 0. The number of hydrogen-bond donors (Lipinski definition) is 1. The molecule has 0 fully saturated rings. The van der Waals surface area contributed by atoms with Gasteiger partial charge in [-0.1, -0.05) is 29.5 Å². The Hall–Kier alpha value is -1.21. The summed E-state index contributed by atoms with van der Waals surface area (Å²) in [6, 6.07) is 8.66. The first-order valence-corrected chi connectivity index (χ1v) is 8.02. The molecule has 2 rings (SSSR count). The Morgan fingerprint density at radius 3 is 2.89 bits per heavy atom. The van der Waals surface area contributed by atoms with Crippen molar-refractivity contribution in [1.82, 2.24) is 0 Å². The quantitative estimate of drug-likeness (QED) is 0.683. The molecule has 0 saturated carbocycles. The maximum absolute atomic E-state index is 5.42. The molecule has 1 nitrogen and oxygen atoms in total. The van der Waals surface area contributed by atoms with Crippen LogP contribution in [0.25, 0.3) is 0 Å². The number of thiophene rings is 1. The third kappa shape index (κ3) is 3.87. The molecule has 0 unspecified atom stereocenters. The fraction of sp³-hybridized carbons (Fsp3) is 0.250. The monoisotopic (exact) mass is 287 g/mol. The van der Waals surface area contributed by atoms with Crippen molar-refractivity contribution in [2.45, 2.75) is 24.5 Å². The standard InChI is InChI=1S/C16H17NS2/c1-12-5-6-13(2)15(10-12)19-11-16-14(4-3-8-17)7-9-18-16/h5-7,9-10H,8,11,17H2,1-2H3. The van der Waals surface area contributed by atoms with E-state index in [4.69, 9.17) is 5.73 Å². The van der Waals surface area contributed by atoms with Gasteiger partial charge in [0.05, 0.1) is 6.54 Å². The van der Waals surface area contributed by atoms with Crippen molar-refractivity contribution in [2.75, 3.05) is 6.54 Å². The average Bonchev–Trinajstić information content (AvgIpc) is 2.85. The molecule has 0 aliphatic rings. The first-order chi connectivity index (χ1) is 9.20. The molecule has 1 aromatic carbocycles. The van der Waals surface area contributed by atoms with Gasteiger partial charge in [0, 0.05) is 21.1 Å². The van der Waals surface area contributed by atoms with E-state index in [1.54, 1.807) is 11.3 Å². The van der Waals surface area contributed by atoms with Crippen LogP contribution in [0.2, 0.25) is 0 Å². The van der Waals surface area contributed by atoms with E-state index in [-0.39, 0.29) is 0 Å². The van der Waals surface area contributed by atoms with Gasteiger partial charge >= 0.3 is 0 Å². The summed E-state index contributed by atoms with van der Waals surface area (Å²) in [7, 11) is 0. The predicted octanol–water partition coefficient (Wildman–Crippen LogP) is 3.97. The Kier molecular flexibility index (Phi) is 5.09. The van der Waals surface area contributed by atoms with Gasteiger partial charge in [0.1, 0.15) is 0 Å². The van der Waals surface area contributed by atoms with Crippen LogP contribution in [0.4, 0.5) is 0 Å². The molecule has 0 aliphatic carbocycles. The average molecular weight is 287 g/mol. The van der Waals surface area contributed by atoms with Crippen LogP contribution in [0.3, 0.4) is 0 Å². The van der Waals surface area contributed by atoms with Gasteiger partial charge in [-0.05, 0) is 36.9 Å². The minimum Gasteiger partial charge on any atom is -0.320 e. The number of nitrogens with two attached hydrogens (primary N) is 1. The van der Waals surface area contributed by atoms with Crippen LogP contribution in [-0.4, -0.2) is 6.54 Å². The van der Waals surface area contributed by atoms with Gasteiger partial charge in [0.2, 0.25) is 0 Å². The second kappa shape index (κ2) is 6.81. The minimum atomic E-state index is 0.416. The molecular formula is C16H17NS2. The van der Waals surface area contributed by atoms with E-state index >= 15 is 0 Å². The molecule has 1 heterocycles. The van der Waals surface area contributed by atoms with Crippen molar-refractivity contribution in [3.05, 3.63) is 51.2 Å². The van der Waals surface area contributed by atoms with Crippen LogP contribution in [-0.2, 0) is 5.75 Å².